The molecule has 1 amide bonds. The molecule has 0 spiro atoms. The summed E-state index contributed by atoms with van der Waals surface area (Å²) in [4.78, 5) is 24.9. The largest absolute Gasteiger partial charge is 0.465 e. The van der Waals surface area contributed by atoms with Gasteiger partial charge >= 0.3 is 5.97 Å². The van der Waals surface area contributed by atoms with Crippen LogP contribution in [-0.4, -0.2) is 19.0 Å². The van der Waals surface area contributed by atoms with Crippen LogP contribution in [0.25, 0.3) is 0 Å². The van der Waals surface area contributed by atoms with E-state index in [2.05, 4.69) is 5.32 Å². The number of amides is 1. The third-order valence-electron chi connectivity index (χ3n) is 3.37. The maximum absolute atomic E-state index is 12.1. The van der Waals surface area contributed by atoms with Gasteiger partial charge in [-0.2, -0.15) is 0 Å². The molecule has 1 aromatic heterocycles. The van der Waals surface area contributed by atoms with Gasteiger partial charge in [-0.1, -0.05) is 13.8 Å². The Morgan fingerprint density at radius 3 is 2.32 bits per heavy atom. The van der Waals surface area contributed by atoms with Crippen LogP contribution in [0.5, 0.6) is 0 Å². The lowest BCUT2D eigenvalue weighted by atomic mass is 10.0. The predicted octanol–water partition coefficient (Wildman–Crippen LogP) is 3.53. The fraction of sp³-hybridized carbons (Fsp3) is 0.571. The molecule has 1 aromatic rings. The third-order valence-corrected chi connectivity index (χ3v) is 4.49. The van der Waals surface area contributed by atoms with E-state index in [4.69, 9.17) is 4.74 Å². The van der Waals surface area contributed by atoms with Crippen molar-refractivity contribution in [3.63, 3.8) is 0 Å². The van der Waals surface area contributed by atoms with E-state index in [0.717, 1.165) is 23.3 Å². The van der Waals surface area contributed by atoms with Crippen molar-refractivity contribution in [2.24, 2.45) is 5.92 Å². The minimum atomic E-state index is -0.401. The highest BCUT2D eigenvalue weighted by Gasteiger charge is 2.23. The number of thiophene rings is 1. The lowest BCUT2D eigenvalue weighted by Crippen LogP contribution is -2.22. The molecule has 0 saturated heterocycles. The Balaban J connectivity index is 3.04. The molecule has 0 aliphatic heterocycles. The van der Waals surface area contributed by atoms with Gasteiger partial charge in [0.05, 0.1) is 12.7 Å². The second kappa shape index (κ2) is 6.70. The molecule has 0 unspecified atom stereocenters. The quantitative estimate of drug-likeness (QED) is 0.841. The molecule has 0 bridgehead atoms. The number of anilines is 1. The van der Waals surface area contributed by atoms with Crippen molar-refractivity contribution < 1.29 is 14.3 Å². The van der Waals surface area contributed by atoms with Crippen LogP contribution < -0.4 is 5.32 Å². The number of carbonyl (C=O) groups is 2. The van der Waals surface area contributed by atoms with Crippen LogP contribution in [0, 0.1) is 19.8 Å². The van der Waals surface area contributed by atoms with Gasteiger partial charge in [0.25, 0.3) is 0 Å². The maximum atomic E-state index is 12.1. The Labute approximate surface area is 118 Å². The first kappa shape index (κ1) is 15.7. The molecular weight excluding hydrogens is 262 g/mol. The summed E-state index contributed by atoms with van der Waals surface area (Å²) in [5.41, 5.74) is 1.35. The summed E-state index contributed by atoms with van der Waals surface area (Å²) in [7, 11) is 1.35. The topological polar surface area (TPSA) is 55.4 Å². The Bertz CT molecular complexity index is 475. The SMILES string of the molecule is CCC(CC)C(=O)Nc1sc(C)c(C)c1C(=O)OC. The Morgan fingerprint density at radius 2 is 1.84 bits per heavy atom. The second-order valence-corrected chi connectivity index (χ2v) is 5.71. The summed E-state index contributed by atoms with van der Waals surface area (Å²) in [6.07, 6.45) is 1.58. The van der Waals surface area contributed by atoms with Gasteiger partial charge in [0.1, 0.15) is 5.00 Å². The number of esters is 1. The van der Waals surface area contributed by atoms with Crippen molar-refractivity contribution in [1.82, 2.24) is 0 Å². The number of hydrogen-bond donors (Lipinski definition) is 1. The van der Waals surface area contributed by atoms with Gasteiger partial charge < -0.3 is 10.1 Å². The number of hydrogen-bond acceptors (Lipinski definition) is 4. The van der Waals surface area contributed by atoms with E-state index in [9.17, 15) is 9.59 Å². The maximum Gasteiger partial charge on any atom is 0.341 e. The van der Waals surface area contributed by atoms with Crippen molar-refractivity contribution in [3.8, 4) is 0 Å². The number of carbonyl (C=O) groups excluding carboxylic acids is 2. The van der Waals surface area contributed by atoms with Crippen molar-refractivity contribution in [2.45, 2.75) is 40.5 Å². The highest BCUT2D eigenvalue weighted by molar-refractivity contribution is 7.16. The zero-order chi connectivity index (χ0) is 14.6. The van der Waals surface area contributed by atoms with Gasteiger partial charge in [0, 0.05) is 10.8 Å². The molecule has 0 fully saturated rings. The smallest absolute Gasteiger partial charge is 0.341 e. The van der Waals surface area contributed by atoms with Gasteiger partial charge in [0.15, 0.2) is 0 Å². The Hall–Kier alpha value is -1.36. The van der Waals surface area contributed by atoms with Gasteiger partial charge in [-0.25, -0.2) is 4.79 Å². The lowest BCUT2D eigenvalue weighted by Gasteiger charge is -2.12. The zero-order valence-electron chi connectivity index (χ0n) is 12.1. The van der Waals surface area contributed by atoms with Gasteiger partial charge in [0.2, 0.25) is 5.91 Å². The molecule has 19 heavy (non-hydrogen) atoms. The molecule has 0 aliphatic carbocycles. The van der Waals surface area contributed by atoms with Gasteiger partial charge in [-0.3, -0.25) is 4.79 Å². The predicted molar refractivity (Wildman–Crippen MR) is 77.8 cm³/mol. The Kier molecular flexibility index (Phi) is 5.54. The minimum absolute atomic E-state index is 0.0202. The van der Waals surface area contributed by atoms with Crippen molar-refractivity contribution >= 4 is 28.2 Å². The van der Waals surface area contributed by atoms with Gasteiger partial charge in [-0.15, -0.1) is 11.3 Å². The fourth-order valence-corrected chi connectivity index (χ4v) is 2.99. The summed E-state index contributed by atoms with van der Waals surface area (Å²) in [5, 5.41) is 3.46. The molecule has 0 aromatic carbocycles. The average molecular weight is 283 g/mol. The fourth-order valence-electron chi connectivity index (χ4n) is 1.94. The average Bonchev–Trinajstić information content (AvgIpc) is 2.65. The summed E-state index contributed by atoms with van der Waals surface area (Å²) in [6.45, 7) is 7.77. The molecule has 1 N–H and O–H groups in total. The molecule has 106 valence electrons. The lowest BCUT2D eigenvalue weighted by molar-refractivity contribution is -0.120. The normalized spacial score (nSPS) is 10.6. The number of methoxy groups -OCH3 is 1. The molecule has 0 aliphatic rings. The summed E-state index contributed by atoms with van der Waals surface area (Å²) >= 11 is 1.42. The van der Waals surface area contributed by atoms with Crippen LogP contribution in [0.4, 0.5) is 5.00 Å². The third kappa shape index (κ3) is 3.35. The van der Waals surface area contributed by atoms with E-state index in [0.29, 0.717) is 10.6 Å². The first-order valence-electron chi connectivity index (χ1n) is 6.45. The summed E-state index contributed by atoms with van der Waals surface area (Å²) in [5.74, 6) is -0.452. The standard InChI is InChI=1S/C14H21NO3S/c1-6-10(7-2)12(16)15-13-11(14(17)18-5)8(3)9(4)19-13/h10H,6-7H2,1-5H3,(H,15,16). The first-order valence-corrected chi connectivity index (χ1v) is 7.26. The molecular formula is C14H21NO3S. The van der Waals surface area contributed by atoms with E-state index in [-0.39, 0.29) is 11.8 Å². The number of ether oxygens (including phenoxy) is 1. The molecule has 5 heteroatoms. The molecule has 1 heterocycles. The van der Waals surface area contributed by atoms with Crippen molar-refractivity contribution in [3.05, 3.63) is 16.0 Å². The first-order chi connectivity index (χ1) is 8.96. The van der Waals surface area contributed by atoms with Crippen LogP contribution in [0.2, 0.25) is 0 Å². The highest BCUT2D eigenvalue weighted by Crippen LogP contribution is 2.33. The number of aryl methyl sites for hydroxylation is 1. The monoisotopic (exact) mass is 283 g/mol. The highest BCUT2D eigenvalue weighted by atomic mass is 32.1. The molecule has 0 radical (unpaired) electrons. The number of rotatable bonds is 5. The molecule has 0 atom stereocenters. The molecule has 1 rings (SSSR count). The van der Waals surface area contributed by atoms with Crippen LogP contribution in [0.15, 0.2) is 0 Å². The second-order valence-electron chi connectivity index (χ2n) is 4.48. The minimum Gasteiger partial charge on any atom is -0.465 e. The zero-order valence-corrected chi connectivity index (χ0v) is 12.9. The van der Waals surface area contributed by atoms with Gasteiger partial charge in [-0.05, 0) is 32.3 Å². The van der Waals surface area contributed by atoms with E-state index in [1.165, 1.54) is 18.4 Å². The number of nitrogens with one attached hydrogen (secondary N) is 1. The van der Waals surface area contributed by atoms with Crippen LogP contribution in [-0.2, 0) is 9.53 Å². The van der Waals surface area contributed by atoms with E-state index < -0.39 is 5.97 Å². The van der Waals surface area contributed by atoms with Crippen LogP contribution in [0.3, 0.4) is 0 Å². The summed E-state index contributed by atoms with van der Waals surface area (Å²) in [6, 6.07) is 0. The molecule has 4 nitrogen and oxygen atoms in total. The van der Waals surface area contributed by atoms with Crippen molar-refractivity contribution in [2.75, 3.05) is 12.4 Å². The van der Waals surface area contributed by atoms with E-state index in [1.807, 2.05) is 27.7 Å². The van der Waals surface area contributed by atoms with Crippen LogP contribution >= 0.6 is 11.3 Å². The van der Waals surface area contributed by atoms with Crippen molar-refractivity contribution in [1.29, 1.82) is 0 Å². The summed E-state index contributed by atoms with van der Waals surface area (Å²) < 4.78 is 4.78. The van der Waals surface area contributed by atoms with E-state index in [1.54, 1.807) is 0 Å². The van der Waals surface area contributed by atoms with Crippen LogP contribution in [0.1, 0.15) is 47.5 Å². The Morgan fingerprint density at radius 1 is 1.26 bits per heavy atom. The van der Waals surface area contributed by atoms with E-state index >= 15 is 0 Å². The molecule has 0 saturated carbocycles.